The number of anilines is 3. The van der Waals surface area contributed by atoms with E-state index in [0.29, 0.717) is 0 Å². The SMILES string of the molecule is CCC[CH2][Sn]([CH2]CCC)([CH2]CCC)[c]1ccc(-c2ccc3c(c2)C(CC)(CC)c2cc(N(c4ccccc4)c4ccccc4)ccc2-3)n1C. The molecule has 1 aliphatic carbocycles. The quantitative estimate of drug-likeness (QED) is 0.0910. The van der Waals surface area contributed by atoms with Gasteiger partial charge in [0.15, 0.2) is 0 Å². The molecule has 1 aromatic heterocycles. The third-order valence-corrected chi connectivity index (χ3v) is 27.6. The number of fused-ring (bicyclic) bond motifs is 3. The Morgan fingerprint density at radius 2 is 1.06 bits per heavy atom. The predicted octanol–water partition coefficient (Wildman–Crippen LogP) is 13.3. The molecular weight excluding hydrogens is 699 g/mol. The summed E-state index contributed by atoms with van der Waals surface area (Å²) >= 11 is -2.58. The van der Waals surface area contributed by atoms with E-state index in [1.807, 2.05) is 0 Å². The van der Waals surface area contributed by atoms with Crippen LogP contribution in [0.1, 0.15) is 97.1 Å². The number of hydrogen-bond acceptors (Lipinski definition) is 1. The van der Waals surface area contributed by atoms with Crippen molar-refractivity contribution < 1.29 is 0 Å². The minimum atomic E-state index is -2.58. The minimum absolute atomic E-state index is 0.0178. The Morgan fingerprint density at radius 3 is 1.57 bits per heavy atom. The Bertz CT molecular complexity index is 1750. The zero-order chi connectivity index (χ0) is 34.4. The summed E-state index contributed by atoms with van der Waals surface area (Å²) in [7, 11) is 2.39. The molecule has 1 aliphatic rings. The van der Waals surface area contributed by atoms with Gasteiger partial charge in [-0.25, -0.2) is 0 Å². The van der Waals surface area contributed by atoms with Gasteiger partial charge in [0.1, 0.15) is 0 Å². The van der Waals surface area contributed by atoms with Crippen LogP contribution in [0.4, 0.5) is 17.1 Å². The monoisotopic (exact) mass is 758 g/mol. The fourth-order valence-electron chi connectivity index (χ4n) is 9.03. The van der Waals surface area contributed by atoms with Crippen molar-refractivity contribution in [2.45, 2.75) is 105 Å². The van der Waals surface area contributed by atoms with Crippen LogP contribution in [0.5, 0.6) is 0 Å². The third kappa shape index (κ3) is 6.67. The van der Waals surface area contributed by atoms with E-state index in [1.54, 1.807) is 3.71 Å². The molecule has 0 aliphatic heterocycles. The van der Waals surface area contributed by atoms with Crippen LogP contribution < -0.4 is 8.61 Å². The van der Waals surface area contributed by atoms with Gasteiger partial charge in [0.25, 0.3) is 0 Å². The molecule has 2 nitrogen and oxygen atoms in total. The van der Waals surface area contributed by atoms with E-state index >= 15 is 0 Å². The van der Waals surface area contributed by atoms with Crippen molar-refractivity contribution in [3.63, 3.8) is 0 Å². The van der Waals surface area contributed by atoms with E-state index < -0.39 is 18.4 Å². The second kappa shape index (κ2) is 15.8. The summed E-state index contributed by atoms with van der Waals surface area (Å²) in [5.74, 6) is 0. The average molecular weight is 758 g/mol. The van der Waals surface area contributed by atoms with Gasteiger partial charge < -0.3 is 0 Å². The van der Waals surface area contributed by atoms with Crippen LogP contribution in [0.15, 0.2) is 109 Å². The molecule has 256 valence electrons. The van der Waals surface area contributed by atoms with Crippen LogP contribution >= 0.6 is 0 Å². The molecule has 0 radical (unpaired) electrons. The molecule has 6 rings (SSSR count). The average Bonchev–Trinajstić information content (AvgIpc) is 3.67. The summed E-state index contributed by atoms with van der Waals surface area (Å²) in [5, 5.41) is 0. The first-order valence-electron chi connectivity index (χ1n) is 19.3. The molecule has 49 heavy (non-hydrogen) atoms. The van der Waals surface area contributed by atoms with Crippen LogP contribution in [0.25, 0.3) is 22.4 Å². The van der Waals surface area contributed by atoms with Crippen LogP contribution in [0.3, 0.4) is 0 Å². The molecule has 0 atom stereocenters. The molecule has 5 aromatic rings. The van der Waals surface area contributed by atoms with E-state index in [1.165, 1.54) is 102 Å². The Labute approximate surface area is 301 Å². The number of unbranched alkanes of at least 4 members (excludes halogenated alkanes) is 3. The van der Waals surface area contributed by atoms with Crippen molar-refractivity contribution in [2.75, 3.05) is 4.90 Å². The molecule has 0 spiro atoms. The molecule has 0 fully saturated rings. The normalized spacial score (nSPS) is 13.3. The second-order valence-electron chi connectivity index (χ2n) is 14.5. The van der Waals surface area contributed by atoms with E-state index in [-0.39, 0.29) is 5.41 Å². The van der Waals surface area contributed by atoms with E-state index in [9.17, 15) is 0 Å². The van der Waals surface area contributed by atoms with Crippen molar-refractivity contribution >= 4 is 39.1 Å². The summed E-state index contributed by atoms with van der Waals surface area (Å²) in [6.45, 7) is 11.9. The Balaban J connectivity index is 1.44. The zero-order valence-electron chi connectivity index (χ0n) is 31.1. The molecule has 0 unspecified atom stereocenters. The fourth-order valence-corrected chi connectivity index (χ4v) is 25.8. The third-order valence-electron chi connectivity index (χ3n) is 11.8. The molecule has 0 saturated heterocycles. The van der Waals surface area contributed by atoms with Crippen LogP contribution in [0, 0.1) is 0 Å². The van der Waals surface area contributed by atoms with Gasteiger partial charge in [0.2, 0.25) is 0 Å². The van der Waals surface area contributed by atoms with Gasteiger partial charge in [0.05, 0.1) is 0 Å². The van der Waals surface area contributed by atoms with Crippen molar-refractivity contribution in [2.24, 2.45) is 7.05 Å². The number of aromatic nitrogens is 1. The first-order chi connectivity index (χ1) is 24.0. The van der Waals surface area contributed by atoms with Crippen LogP contribution in [-0.2, 0) is 12.5 Å². The van der Waals surface area contributed by atoms with Crippen LogP contribution in [-0.4, -0.2) is 22.9 Å². The van der Waals surface area contributed by atoms with Crippen molar-refractivity contribution in [1.29, 1.82) is 0 Å². The van der Waals surface area contributed by atoms with Crippen LogP contribution in [0.2, 0.25) is 13.3 Å². The number of hydrogen-bond donors (Lipinski definition) is 0. The first-order valence-corrected chi connectivity index (χ1v) is 26.8. The predicted molar refractivity (Wildman–Crippen MR) is 217 cm³/mol. The van der Waals surface area contributed by atoms with Gasteiger partial charge in [-0.05, 0) is 24.3 Å². The summed E-state index contributed by atoms with van der Waals surface area (Å²) in [6, 6.07) is 41.3. The maximum absolute atomic E-state index is 2.66. The Hall–Kier alpha value is -3.24. The molecule has 4 aromatic carbocycles. The molecule has 3 heteroatoms. The summed E-state index contributed by atoms with van der Waals surface area (Å²) in [6.07, 6.45) is 10.3. The van der Waals surface area contributed by atoms with Gasteiger partial charge in [-0.2, -0.15) is 0 Å². The van der Waals surface area contributed by atoms with Gasteiger partial charge in [-0.1, -0.05) is 36.4 Å². The number of para-hydroxylation sites is 2. The molecule has 1 heterocycles. The fraction of sp³-hybridized carbons (Fsp3) is 0.391. The second-order valence-corrected chi connectivity index (χ2v) is 27.6. The topological polar surface area (TPSA) is 8.17 Å². The first kappa shape index (κ1) is 35.6. The standard InChI is InChI=1S/C34H31N2.3C4H9.Sn/c1-4-34(5-2)31-23-25(33-17-12-22-35(33)3)18-20-29(31)30-21-19-28(24-32(30)34)36(26-13-8-6-9-14-26)27-15-10-7-11-16-27;3*1-3-4-2;/h6-21,23-24H,4-5H2,1-3H3;3*1,3-4H2,2H3;. The summed E-state index contributed by atoms with van der Waals surface area (Å²) < 4.78 is 8.93. The summed E-state index contributed by atoms with van der Waals surface area (Å²) in [5.41, 5.74) is 12.1. The molecular formula is C46H58N2Sn. The Morgan fingerprint density at radius 1 is 0.551 bits per heavy atom. The molecule has 0 N–H and O–H groups in total. The Kier molecular flexibility index (Phi) is 11.4. The number of rotatable bonds is 16. The summed E-state index contributed by atoms with van der Waals surface area (Å²) in [4.78, 5) is 2.41. The van der Waals surface area contributed by atoms with E-state index in [2.05, 4.69) is 160 Å². The number of nitrogens with zero attached hydrogens (tertiary/aromatic N) is 2. The molecule has 0 bridgehead atoms. The van der Waals surface area contributed by atoms with Crippen molar-refractivity contribution in [3.8, 4) is 22.4 Å². The van der Waals surface area contributed by atoms with Crippen molar-refractivity contribution in [1.82, 2.24) is 4.57 Å². The van der Waals surface area contributed by atoms with Gasteiger partial charge >= 0.3 is 242 Å². The number of benzene rings is 4. The van der Waals surface area contributed by atoms with Gasteiger partial charge in [-0.15, -0.1) is 0 Å². The van der Waals surface area contributed by atoms with E-state index in [4.69, 9.17) is 0 Å². The van der Waals surface area contributed by atoms with Crippen molar-refractivity contribution in [3.05, 3.63) is 120 Å². The van der Waals surface area contributed by atoms with E-state index in [0.717, 1.165) is 12.8 Å². The van der Waals surface area contributed by atoms with Gasteiger partial charge in [0, 0.05) is 0 Å². The zero-order valence-corrected chi connectivity index (χ0v) is 33.9. The molecule has 0 amide bonds. The maximum atomic E-state index is 2.66. The molecule has 0 saturated carbocycles. The van der Waals surface area contributed by atoms with Gasteiger partial charge in [-0.3, -0.25) is 0 Å².